The monoisotopic (exact) mass is 459 g/mol. The first-order chi connectivity index (χ1) is 15.6. The Morgan fingerprint density at radius 3 is 2.52 bits per heavy atom. The van der Waals surface area contributed by atoms with E-state index in [4.69, 9.17) is 0 Å². The van der Waals surface area contributed by atoms with Crippen LogP contribution in [0.4, 0.5) is 17.6 Å². The van der Waals surface area contributed by atoms with Crippen LogP contribution >= 0.6 is 0 Å². The van der Waals surface area contributed by atoms with Crippen LogP contribution in [-0.4, -0.2) is 38.8 Å². The van der Waals surface area contributed by atoms with Gasteiger partial charge in [0, 0.05) is 30.1 Å². The van der Waals surface area contributed by atoms with Gasteiger partial charge in [0.05, 0.1) is 22.5 Å². The van der Waals surface area contributed by atoms with Gasteiger partial charge in [-0.1, -0.05) is 12.1 Å². The zero-order valence-corrected chi connectivity index (χ0v) is 17.7. The van der Waals surface area contributed by atoms with Gasteiger partial charge < -0.3 is 10.0 Å². The second-order valence-corrected chi connectivity index (χ2v) is 9.07. The van der Waals surface area contributed by atoms with Crippen molar-refractivity contribution in [1.29, 1.82) is 0 Å². The molecule has 0 atom stereocenters. The Kier molecular flexibility index (Phi) is 4.77. The van der Waals surface area contributed by atoms with Crippen LogP contribution in [0.2, 0.25) is 0 Å². The van der Waals surface area contributed by atoms with E-state index < -0.39 is 23.5 Å². The Balaban J connectivity index is 1.32. The Morgan fingerprint density at radius 2 is 1.82 bits per heavy atom. The van der Waals surface area contributed by atoms with Crippen LogP contribution in [0, 0.1) is 18.2 Å². The van der Waals surface area contributed by atoms with Crippen molar-refractivity contribution in [3.63, 3.8) is 0 Å². The van der Waals surface area contributed by atoms with Crippen molar-refractivity contribution in [3.8, 4) is 11.4 Å². The van der Waals surface area contributed by atoms with Crippen LogP contribution < -0.4 is 0 Å². The van der Waals surface area contributed by atoms with Gasteiger partial charge in [-0.25, -0.2) is 9.07 Å². The van der Waals surface area contributed by atoms with E-state index in [2.05, 4.69) is 5.10 Å². The minimum atomic E-state index is -4.50. The molecule has 1 aliphatic carbocycles. The number of para-hydroxylation sites is 1. The van der Waals surface area contributed by atoms with E-state index in [-0.39, 0.29) is 28.3 Å². The number of phenolic OH excluding ortho intramolecular Hbond substituents is 1. The van der Waals surface area contributed by atoms with Gasteiger partial charge in [0.15, 0.2) is 0 Å². The third-order valence-corrected chi connectivity index (χ3v) is 6.59. The lowest BCUT2D eigenvalue weighted by atomic mass is 9.57. The number of alkyl halides is 3. The summed E-state index contributed by atoms with van der Waals surface area (Å²) in [4.78, 5) is 14.1. The fraction of sp³-hybridized carbons (Fsp3) is 0.333. The molecule has 9 heteroatoms. The van der Waals surface area contributed by atoms with Crippen LogP contribution in [0.3, 0.4) is 0 Å². The first kappa shape index (κ1) is 21.5. The number of amides is 1. The number of aromatic nitrogens is 2. The number of rotatable bonds is 3. The summed E-state index contributed by atoms with van der Waals surface area (Å²) in [6, 6.07) is 10.6. The maximum absolute atomic E-state index is 14.0. The summed E-state index contributed by atoms with van der Waals surface area (Å²) in [6.07, 6.45) is -3.08. The first-order valence-electron chi connectivity index (χ1n) is 10.6. The van der Waals surface area contributed by atoms with Gasteiger partial charge in [0.1, 0.15) is 11.6 Å². The number of carbonyl (C=O) groups is 1. The summed E-state index contributed by atoms with van der Waals surface area (Å²) in [7, 11) is 0. The maximum Gasteiger partial charge on any atom is 0.418 e. The highest BCUT2D eigenvalue weighted by Crippen LogP contribution is 2.56. The molecule has 1 amide bonds. The third kappa shape index (κ3) is 3.65. The van der Waals surface area contributed by atoms with E-state index in [0.717, 1.165) is 23.9 Å². The quantitative estimate of drug-likeness (QED) is 0.557. The van der Waals surface area contributed by atoms with Crippen LogP contribution in [0.25, 0.3) is 5.69 Å². The second kappa shape index (κ2) is 7.33. The fourth-order valence-electron chi connectivity index (χ4n) is 5.11. The number of hydrogen-bond acceptors (Lipinski definition) is 3. The van der Waals surface area contributed by atoms with E-state index in [1.807, 2.05) is 6.07 Å². The van der Waals surface area contributed by atoms with Crippen molar-refractivity contribution in [3.05, 3.63) is 76.9 Å². The number of halogens is 4. The van der Waals surface area contributed by atoms with Gasteiger partial charge >= 0.3 is 6.18 Å². The van der Waals surface area contributed by atoms with Gasteiger partial charge in [-0.05, 0) is 56.2 Å². The molecule has 1 aliphatic heterocycles. The number of aryl methyl sites for hydroxylation is 1. The molecule has 1 saturated carbocycles. The highest BCUT2D eigenvalue weighted by atomic mass is 19.4. The zero-order chi connectivity index (χ0) is 23.5. The average molecular weight is 459 g/mol. The predicted octanol–water partition coefficient (Wildman–Crippen LogP) is 5.06. The molecular weight excluding hydrogens is 438 g/mol. The largest absolute Gasteiger partial charge is 0.508 e. The maximum atomic E-state index is 14.0. The number of aromatic hydroxyl groups is 1. The summed E-state index contributed by atoms with van der Waals surface area (Å²) in [5.74, 6) is -1.32. The Morgan fingerprint density at radius 1 is 1.12 bits per heavy atom. The smallest absolute Gasteiger partial charge is 0.418 e. The number of carbonyl (C=O) groups excluding carboxylic acids is 1. The van der Waals surface area contributed by atoms with Crippen LogP contribution in [-0.2, 0) is 6.18 Å². The molecule has 1 saturated heterocycles. The average Bonchev–Trinajstić information content (AvgIpc) is 3.08. The lowest BCUT2D eigenvalue weighted by molar-refractivity contribution is -0.137. The number of hydrogen-bond donors (Lipinski definition) is 1. The second-order valence-electron chi connectivity index (χ2n) is 9.07. The molecule has 33 heavy (non-hydrogen) atoms. The standard InChI is InChI=1S/C24H21F4N3O2/c1-14-8-21(31(29-14)20-5-3-2-4-18(20)24(26,27)28)15-10-23(11-15)12-30(13-23)22(33)17-9-16(32)6-7-19(17)25/h2-9,15,32H,10-13H2,1H3. The van der Waals surface area contributed by atoms with Crippen molar-refractivity contribution >= 4 is 5.91 Å². The van der Waals surface area contributed by atoms with Crippen molar-refractivity contribution in [2.24, 2.45) is 5.41 Å². The van der Waals surface area contributed by atoms with Gasteiger partial charge in [-0.3, -0.25) is 4.79 Å². The molecule has 2 fully saturated rings. The normalized spacial score (nSPS) is 17.7. The van der Waals surface area contributed by atoms with E-state index in [1.54, 1.807) is 13.0 Å². The zero-order valence-electron chi connectivity index (χ0n) is 17.7. The van der Waals surface area contributed by atoms with Gasteiger partial charge in [0.25, 0.3) is 5.91 Å². The molecule has 5 rings (SSSR count). The molecular formula is C24H21F4N3O2. The Labute approximate surface area is 187 Å². The topological polar surface area (TPSA) is 58.4 Å². The van der Waals surface area contributed by atoms with E-state index in [9.17, 15) is 27.5 Å². The molecule has 1 aromatic heterocycles. The summed E-state index contributed by atoms with van der Waals surface area (Å²) >= 11 is 0. The molecule has 5 nitrogen and oxygen atoms in total. The van der Waals surface area contributed by atoms with E-state index in [1.165, 1.54) is 27.8 Å². The van der Waals surface area contributed by atoms with Crippen LogP contribution in [0.15, 0.2) is 48.5 Å². The Hall–Kier alpha value is -3.36. The number of likely N-dealkylation sites (tertiary alicyclic amines) is 1. The Bertz CT molecular complexity index is 1240. The SMILES string of the molecule is Cc1cc(C2CC3(C2)CN(C(=O)c2cc(O)ccc2F)C3)n(-c2ccccc2C(F)(F)F)n1. The van der Waals surface area contributed by atoms with Gasteiger partial charge in [-0.15, -0.1) is 0 Å². The van der Waals surface area contributed by atoms with Crippen molar-refractivity contribution in [2.75, 3.05) is 13.1 Å². The third-order valence-electron chi connectivity index (χ3n) is 6.59. The minimum absolute atomic E-state index is 0.00109. The van der Waals surface area contributed by atoms with E-state index >= 15 is 0 Å². The number of nitrogens with zero attached hydrogens (tertiary/aromatic N) is 3. The van der Waals surface area contributed by atoms with Gasteiger partial charge in [-0.2, -0.15) is 18.3 Å². The molecule has 2 aliphatic rings. The summed E-state index contributed by atoms with van der Waals surface area (Å²) in [5, 5.41) is 13.9. The summed E-state index contributed by atoms with van der Waals surface area (Å²) < 4.78 is 56.0. The summed E-state index contributed by atoms with van der Waals surface area (Å²) in [6.45, 7) is 2.64. The van der Waals surface area contributed by atoms with Crippen molar-refractivity contribution < 1.29 is 27.5 Å². The van der Waals surface area contributed by atoms with Crippen molar-refractivity contribution in [1.82, 2.24) is 14.7 Å². The van der Waals surface area contributed by atoms with Crippen LogP contribution in [0.5, 0.6) is 5.75 Å². The summed E-state index contributed by atoms with van der Waals surface area (Å²) in [5.41, 5.74) is 0.320. The minimum Gasteiger partial charge on any atom is -0.508 e. The van der Waals surface area contributed by atoms with E-state index in [0.29, 0.717) is 31.6 Å². The molecule has 0 bridgehead atoms. The molecule has 0 unspecified atom stereocenters. The number of benzene rings is 2. The van der Waals surface area contributed by atoms with Crippen molar-refractivity contribution in [2.45, 2.75) is 31.9 Å². The van der Waals surface area contributed by atoms with Crippen LogP contribution in [0.1, 0.15) is 46.1 Å². The molecule has 172 valence electrons. The molecule has 1 spiro atoms. The molecule has 2 aromatic carbocycles. The molecule has 2 heterocycles. The lowest BCUT2D eigenvalue weighted by Crippen LogP contribution is -2.63. The molecule has 1 N–H and O–H groups in total. The molecule has 3 aromatic rings. The van der Waals surface area contributed by atoms with Gasteiger partial charge in [0.2, 0.25) is 0 Å². The lowest BCUT2D eigenvalue weighted by Gasteiger charge is -2.59. The molecule has 0 radical (unpaired) electrons. The fourth-order valence-corrected chi connectivity index (χ4v) is 5.11. The predicted molar refractivity (Wildman–Crippen MR) is 112 cm³/mol. The highest BCUT2D eigenvalue weighted by molar-refractivity contribution is 5.95. The first-order valence-corrected chi connectivity index (χ1v) is 10.6. The highest BCUT2D eigenvalue weighted by Gasteiger charge is 2.55. The number of phenols is 1.